The molecule has 0 amide bonds. The first-order chi connectivity index (χ1) is 9.49. The van der Waals surface area contributed by atoms with Crippen LogP contribution in [0.3, 0.4) is 0 Å². The van der Waals surface area contributed by atoms with Gasteiger partial charge >= 0.3 is 5.97 Å². The number of carboxylic acids is 1. The van der Waals surface area contributed by atoms with Gasteiger partial charge in [0, 0.05) is 12.3 Å². The minimum atomic E-state index is -1.11. The van der Waals surface area contributed by atoms with Crippen LogP contribution in [0.15, 0.2) is 40.4 Å². The number of hydrogen-bond donors (Lipinski definition) is 1. The molecule has 20 heavy (non-hydrogen) atoms. The first-order valence-corrected chi connectivity index (χ1v) is 6.36. The fourth-order valence-corrected chi connectivity index (χ4v) is 2.18. The lowest BCUT2D eigenvalue weighted by molar-refractivity contribution is -0.133. The van der Waals surface area contributed by atoms with Gasteiger partial charge in [-0.25, -0.2) is 8.78 Å². The highest BCUT2D eigenvalue weighted by Crippen LogP contribution is 2.21. The van der Waals surface area contributed by atoms with E-state index < -0.39 is 23.2 Å². The van der Waals surface area contributed by atoms with E-state index in [-0.39, 0.29) is 16.6 Å². The number of benzene rings is 1. The average molecular weight is 298 g/mol. The molecule has 0 fully saturated rings. The Labute approximate surface area is 115 Å². The maximum absolute atomic E-state index is 13.7. The number of rotatable bonds is 4. The summed E-state index contributed by atoms with van der Waals surface area (Å²) in [5.74, 6) is -3.61. The number of nitrogens with zero attached hydrogens (tertiary/aromatic N) is 2. The van der Waals surface area contributed by atoms with E-state index in [4.69, 9.17) is 5.11 Å². The summed E-state index contributed by atoms with van der Waals surface area (Å²) in [7, 11) is 0. The molecule has 0 radical (unpaired) electrons. The molecular weight excluding hydrogens is 290 g/mol. The van der Waals surface area contributed by atoms with Gasteiger partial charge in [-0.1, -0.05) is 17.8 Å². The molecule has 1 N–H and O–H groups in total. The molecule has 2 aromatic rings. The quantitative estimate of drug-likeness (QED) is 0.687. The van der Waals surface area contributed by atoms with Gasteiger partial charge in [-0.2, -0.15) is 4.98 Å². The molecular formula is C12H8F2N2O3S. The van der Waals surface area contributed by atoms with Gasteiger partial charge in [-0.15, -0.1) is 0 Å². The van der Waals surface area contributed by atoms with Crippen molar-refractivity contribution in [2.75, 3.05) is 5.75 Å². The number of aromatic nitrogens is 2. The van der Waals surface area contributed by atoms with Crippen molar-refractivity contribution in [3.63, 3.8) is 0 Å². The predicted molar refractivity (Wildman–Crippen MR) is 68.1 cm³/mol. The van der Waals surface area contributed by atoms with Crippen molar-refractivity contribution in [1.29, 1.82) is 0 Å². The summed E-state index contributed by atoms with van der Waals surface area (Å²) < 4.78 is 28.1. The molecule has 5 nitrogen and oxygen atoms in total. The van der Waals surface area contributed by atoms with E-state index in [1.165, 1.54) is 18.3 Å². The van der Waals surface area contributed by atoms with E-state index >= 15 is 0 Å². The zero-order chi connectivity index (χ0) is 14.7. The number of thioether (sulfide) groups is 1. The van der Waals surface area contributed by atoms with Crippen LogP contribution in [0.4, 0.5) is 8.78 Å². The van der Waals surface area contributed by atoms with Gasteiger partial charge in [0.1, 0.15) is 0 Å². The Bertz CT molecular complexity index is 718. The summed E-state index contributed by atoms with van der Waals surface area (Å²) in [6.07, 6.45) is 1.22. The van der Waals surface area contributed by atoms with Crippen LogP contribution in [0.2, 0.25) is 0 Å². The van der Waals surface area contributed by atoms with Gasteiger partial charge in [-0.3, -0.25) is 14.2 Å². The largest absolute Gasteiger partial charge is 0.481 e. The lowest BCUT2D eigenvalue weighted by Crippen LogP contribution is -2.14. The number of halogens is 2. The second-order valence-electron chi connectivity index (χ2n) is 3.67. The number of aliphatic carboxylic acids is 1. The molecule has 0 unspecified atom stereocenters. The fourth-order valence-electron chi connectivity index (χ4n) is 1.48. The Morgan fingerprint density at radius 2 is 2.10 bits per heavy atom. The van der Waals surface area contributed by atoms with Crippen LogP contribution in [0.5, 0.6) is 0 Å². The van der Waals surface area contributed by atoms with Crippen LogP contribution in [0, 0.1) is 11.6 Å². The average Bonchev–Trinajstić information content (AvgIpc) is 2.40. The maximum atomic E-state index is 13.7. The van der Waals surface area contributed by atoms with E-state index in [0.717, 1.165) is 28.5 Å². The van der Waals surface area contributed by atoms with E-state index in [1.807, 2.05) is 0 Å². The molecule has 0 bridgehead atoms. The van der Waals surface area contributed by atoms with Gasteiger partial charge in [0.25, 0.3) is 5.56 Å². The van der Waals surface area contributed by atoms with Gasteiger partial charge in [0.2, 0.25) is 0 Å². The number of carbonyl (C=O) groups is 1. The Kier molecular flexibility index (Phi) is 4.14. The van der Waals surface area contributed by atoms with Crippen molar-refractivity contribution < 1.29 is 18.7 Å². The lowest BCUT2D eigenvalue weighted by Gasteiger charge is -2.11. The summed E-state index contributed by atoms with van der Waals surface area (Å²) in [5.41, 5.74) is -0.740. The minimum Gasteiger partial charge on any atom is -0.481 e. The Hall–Kier alpha value is -2.22. The van der Waals surface area contributed by atoms with Crippen LogP contribution in [0.1, 0.15) is 0 Å². The second kappa shape index (κ2) is 5.83. The number of carboxylic acid groups (broad SMARTS) is 1. The van der Waals surface area contributed by atoms with Crippen LogP contribution in [0.25, 0.3) is 5.69 Å². The minimum absolute atomic E-state index is 0.0237. The smallest absolute Gasteiger partial charge is 0.313 e. The normalized spacial score (nSPS) is 10.5. The molecule has 0 aliphatic heterocycles. The molecule has 0 aliphatic carbocycles. The molecule has 0 spiro atoms. The van der Waals surface area contributed by atoms with Gasteiger partial charge in [0.05, 0.1) is 11.4 Å². The summed E-state index contributed by atoms with van der Waals surface area (Å²) in [5, 5.41) is 8.61. The van der Waals surface area contributed by atoms with Crippen molar-refractivity contribution in [3.05, 3.63) is 52.5 Å². The third-order valence-corrected chi connectivity index (χ3v) is 3.23. The zero-order valence-corrected chi connectivity index (χ0v) is 10.7. The Balaban J connectivity index is 2.53. The van der Waals surface area contributed by atoms with Crippen molar-refractivity contribution in [3.8, 4) is 5.69 Å². The van der Waals surface area contributed by atoms with Gasteiger partial charge < -0.3 is 5.11 Å². The highest BCUT2D eigenvalue weighted by molar-refractivity contribution is 7.99. The molecule has 104 valence electrons. The highest BCUT2D eigenvalue weighted by Gasteiger charge is 2.14. The third kappa shape index (κ3) is 3.02. The van der Waals surface area contributed by atoms with Gasteiger partial charge in [0.15, 0.2) is 16.8 Å². The van der Waals surface area contributed by atoms with E-state index in [1.54, 1.807) is 0 Å². The molecule has 0 saturated heterocycles. The number of hydrogen-bond acceptors (Lipinski definition) is 4. The van der Waals surface area contributed by atoms with Crippen molar-refractivity contribution in [1.82, 2.24) is 9.55 Å². The Morgan fingerprint density at radius 3 is 2.80 bits per heavy atom. The summed E-state index contributed by atoms with van der Waals surface area (Å²) in [6, 6.07) is 4.64. The van der Waals surface area contributed by atoms with Crippen LogP contribution in [-0.4, -0.2) is 26.4 Å². The van der Waals surface area contributed by atoms with Crippen molar-refractivity contribution in [2.45, 2.75) is 5.16 Å². The first-order valence-electron chi connectivity index (χ1n) is 5.37. The van der Waals surface area contributed by atoms with E-state index in [0.29, 0.717) is 0 Å². The summed E-state index contributed by atoms with van der Waals surface area (Å²) in [6.45, 7) is 0. The predicted octanol–water partition coefficient (Wildman–Crippen LogP) is 1.69. The molecule has 8 heteroatoms. The second-order valence-corrected chi connectivity index (χ2v) is 4.62. The topological polar surface area (TPSA) is 72.2 Å². The maximum Gasteiger partial charge on any atom is 0.313 e. The van der Waals surface area contributed by atoms with E-state index in [9.17, 15) is 18.4 Å². The fraction of sp³-hybridized carbons (Fsp3) is 0.0833. The molecule has 0 atom stereocenters. The molecule has 1 aromatic heterocycles. The van der Waals surface area contributed by atoms with Crippen LogP contribution < -0.4 is 5.56 Å². The molecule has 0 saturated carbocycles. The lowest BCUT2D eigenvalue weighted by atomic mass is 10.3. The molecule has 0 aliphatic rings. The van der Waals surface area contributed by atoms with Crippen molar-refractivity contribution >= 4 is 17.7 Å². The monoisotopic (exact) mass is 298 g/mol. The summed E-state index contributed by atoms with van der Waals surface area (Å²) in [4.78, 5) is 25.4. The van der Waals surface area contributed by atoms with Gasteiger partial charge in [-0.05, 0) is 12.1 Å². The van der Waals surface area contributed by atoms with E-state index in [2.05, 4.69) is 4.98 Å². The molecule has 1 aromatic carbocycles. The zero-order valence-electron chi connectivity index (χ0n) is 9.92. The summed E-state index contributed by atoms with van der Waals surface area (Å²) >= 11 is 0.742. The van der Waals surface area contributed by atoms with Crippen LogP contribution in [-0.2, 0) is 4.79 Å². The first kappa shape index (κ1) is 14.2. The third-order valence-electron chi connectivity index (χ3n) is 2.29. The van der Waals surface area contributed by atoms with Crippen LogP contribution >= 0.6 is 11.8 Å². The standard InChI is InChI=1S/C12H8F2N2O3S/c13-7-2-1-3-8(11(7)14)16-5-4-9(17)15-12(16)20-6-10(18)19/h1-5H,6H2,(H,18,19). The SMILES string of the molecule is O=C(O)CSc1nc(=O)ccn1-c1cccc(F)c1F. The van der Waals surface area contributed by atoms with Crippen molar-refractivity contribution in [2.24, 2.45) is 0 Å². The highest BCUT2D eigenvalue weighted by atomic mass is 32.2. The molecule has 1 heterocycles. The Morgan fingerprint density at radius 1 is 1.35 bits per heavy atom. The molecule has 2 rings (SSSR count).